The number of nitrogens with zero attached hydrogens (tertiary/aromatic N) is 2. The van der Waals surface area contributed by atoms with E-state index in [1.165, 1.54) is 12.0 Å². The molecule has 2 amide bonds. The fraction of sp³-hybridized carbons (Fsp3) is 0.394. The molecule has 0 saturated carbocycles. The molecular weight excluding hydrogens is 470 g/mol. The van der Waals surface area contributed by atoms with Crippen LogP contribution in [-0.2, 0) is 17.6 Å². The number of anilines is 3. The van der Waals surface area contributed by atoms with Crippen LogP contribution in [0.15, 0.2) is 72.8 Å². The maximum atomic E-state index is 13.6. The molecule has 4 rings (SSSR count). The summed E-state index contributed by atoms with van der Waals surface area (Å²) in [4.78, 5) is 30.7. The molecule has 0 spiro atoms. The predicted octanol–water partition coefficient (Wildman–Crippen LogP) is 7.10. The van der Waals surface area contributed by atoms with Gasteiger partial charge >= 0.3 is 0 Å². The molecule has 0 atom stereocenters. The summed E-state index contributed by atoms with van der Waals surface area (Å²) in [6.07, 6.45) is 3.66. The number of benzene rings is 3. The molecule has 5 nitrogen and oxygen atoms in total. The summed E-state index contributed by atoms with van der Waals surface area (Å²) < 4.78 is 0. The van der Waals surface area contributed by atoms with E-state index in [2.05, 4.69) is 62.2 Å². The van der Waals surface area contributed by atoms with E-state index < -0.39 is 0 Å². The summed E-state index contributed by atoms with van der Waals surface area (Å²) in [5.74, 6) is 1.11. The van der Waals surface area contributed by atoms with Gasteiger partial charge in [0.1, 0.15) is 0 Å². The van der Waals surface area contributed by atoms with Crippen LogP contribution in [0.1, 0.15) is 62.0 Å². The molecule has 0 radical (unpaired) electrons. The third-order valence-electron chi connectivity index (χ3n) is 6.85. The molecular formula is C33H41N3O2. The number of fused-ring (bicyclic) bond motifs is 2. The van der Waals surface area contributed by atoms with Crippen molar-refractivity contribution < 1.29 is 9.59 Å². The molecule has 3 aromatic rings. The Bertz CT molecular complexity index is 1220. The third-order valence-corrected chi connectivity index (χ3v) is 6.85. The lowest BCUT2D eigenvalue weighted by Gasteiger charge is -2.26. The van der Waals surface area contributed by atoms with Crippen LogP contribution < -0.4 is 10.2 Å². The molecule has 0 aliphatic carbocycles. The van der Waals surface area contributed by atoms with Gasteiger partial charge in [0.05, 0.1) is 29.0 Å². The van der Waals surface area contributed by atoms with Gasteiger partial charge in [-0.1, -0.05) is 76.2 Å². The molecule has 38 heavy (non-hydrogen) atoms. The van der Waals surface area contributed by atoms with Crippen LogP contribution >= 0.6 is 0 Å². The van der Waals surface area contributed by atoms with Crippen molar-refractivity contribution in [2.75, 3.05) is 29.9 Å². The fourth-order valence-electron chi connectivity index (χ4n) is 5.25. The van der Waals surface area contributed by atoms with Crippen LogP contribution in [-0.4, -0.2) is 36.3 Å². The molecule has 1 heterocycles. The molecule has 1 aliphatic heterocycles. The zero-order valence-electron chi connectivity index (χ0n) is 23.2. The van der Waals surface area contributed by atoms with Crippen molar-refractivity contribution in [2.45, 2.75) is 53.4 Å². The molecule has 0 bridgehead atoms. The highest BCUT2D eigenvalue weighted by Crippen LogP contribution is 2.38. The molecule has 5 heteroatoms. The zero-order chi connectivity index (χ0) is 27.1. The Labute approximate surface area is 227 Å². The molecule has 1 N–H and O–H groups in total. The highest BCUT2D eigenvalue weighted by atomic mass is 16.2. The monoisotopic (exact) mass is 511 g/mol. The molecule has 0 aromatic heterocycles. The smallest absolute Gasteiger partial charge is 0.257 e. The minimum Gasteiger partial charge on any atom is -0.320 e. The Morgan fingerprint density at radius 3 is 2.08 bits per heavy atom. The van der Waals surface area contributed by atoms with Crippen molar-refractivity contribution in [1.82, 2.24) is 4.90 Å². The lowest BCUT2D eigenvalue weighted by Crippen LogP contribution is -2.32. The molecule has 3 aromatic carbocycles. The van der Waals surface area contributed by atoms with Crippen LogP contribution in [0.2, 0.25) is 0 Å². The van der Waals surface area contributed by atoms with Crippen LogP contribution in [0, 0.1) is 11.8 Å². The Balaban J connectivity index is 1.39. The SMILES string of the molecule is CC(C)CN(CCCCc1ccc(CC(=O)N2c3ccccc3NC(=O)c3ccccc32)cc1)CC(C)C. The predicted molar refractivity (Wildman–Crippen MR) is 157 cm³/mol. The minimum absolute atomic E-state index is 0.0652. The summed E-state index contributed by atoms with van der Waals surface area (Å²) in [7, 11) is 0. The van der Waals surface area contributed by atoms with E-state index in [4.69, 9.17) is 0 Å². The maximum Gasteiger partial charge on any atom is 0.257 e. The summed E-state index contributed by atoms with van der Waals surface area (Å²) in [6, 6.07) is 23.2. The van der Waals surface area contributed by atoms with E-state index in [1.54, 1.807) is 11.0 Å². The number of nitrogens with one attached hydrogen (secondary N) is 1. The number of hydrogen-bond acceptors (Lipinski definition) is 3. The second-order valence-corrected chi connectivity index (χ2v) is 11.2. The Morgan fingerprint density at radius 1 is 0.789 bits per heavy atom. The lowest BCUT2D eigenvalue weighted by atomic mass is 10.0. The topological polar surface area (TPSA) is 52.7 Å². The second kappa shape index (κ2) is 12.9. The van der Waals surface area contributed by atoms with Crippen molar-refractivity contribution in [3.63, 3.8) is 0 Å². The number of amides is 2. The number of para-hydroxylation sites is 3. The Hall–Kier alpha value is -3.44. The van der Waals surface area contributed by atoms with Crippen molar-refractivity contribution in [1.29, 1.82) is 0 Å². The van der Waals surface area contributed by atoms with Gasteiger partial charge in [-0.3, -0.25) is 14.5 Å². The highest BCUT2D eigenvalue weighted by Gasteiger charge is 2.28. The lowest BCUT2D eigenvalue weighted by molar-refractivity contribution is -0.117. The largest absolute Gasteiger partial charge is 0.320 e. The second-order valence-electron chi connectivity index (χ2n) is 11.2. The van der Waals surface area contributed by atoms with Crippen LogP contribution in [0.25, 0.3) is 0 Å². The molecule has 0 fully saturated rings. The van der Waals surface area contributed by atoms with Gasteiger partial charge in [0.15, 0.2) is 0 Å². The van der Waals surface area contributed by atoms with E-state index in [9.17, 15) is 9.59 Å². The third kappa shape index (κ3) is 7.11. The first-order chi connectivity index (χ1) is 18.3. The van der Waals surface area contributed by atoms with E-state index in [0.29, 0.717) is 34.5 Å². The van der Waals surface area contributed by atoms with Gasteiger partial charge in [-0.05, 0) is 73.0 Å². The van der Waals surface area contributed by atoms with E-state index >= 15 is 0 Å². The average molecular weight is 512 g/mol. The first-order valence-electron chi connectivity index (χ1n) is 13.9. The number of carbonyl (C=O) groups is 2. The van der Waals surface area contributed by atoms with Gasteiger partial charge in [-0.15, -0.1) is 0 Å². The fourth-order valence-corrected chi connectivity index (χ4v) is 5.25. The number of hydrogen-bond donors (Lipinski definition) is 1. The van der Waals surface area contributed by atoms with Crippen molar-refractivity contribution >= 4 is 28.9 Å². The summed E-state index contributed by atoms with van der Waals surface area (Å²) in [5.41, 5.74) is 4.71. The van der Waals surface area contributed by atoms with Crippen LogP contribution in [0.3, 0.4) is 0 Å². The number of carbonyl (C=O) groups excluding carboxylic acids is 2. The molecule has 1 aliphatic rings. The van der Waals surface area contributed by atoms with Crippen LogP contribution in [0.4, 0.5) is 17.1 Å². The van der Waals surface area contributed by atoms with Gasteiger partial charge < -0.3 is 10.2 Å². The summed E-state index contributed by atoms with van der Waals surface area (Å²) in [5, 5.41) is 2.95. The minimum atomic E-state index is -0.204. The van der Waals surface area contributed by atoms with Crippen molar-refractivity contribution in [2.24, 2.45) is 11.8 Å². The molecule has 0 unspecified atom stereocenters. The standard InChI is InChI=1S/C33H41N3O2/c1-24(2)22-35(23-25(3)4)20-10-9-11-26-16-18-27(19-17-26)21-32(37)36-30-14-7-5-12-28(30)33(38)34-29-13-6-8-15-31(29)36/h5-8,12-19,24-25H,9-11,20-23H2,1-4H3,(H,34,38). The van der Waals surface area contributed by atoms with Gasteiger partial charge in [-0.25, -0.2) is 0 Å². The number of unbranched alkanes of at least 4 members (excludes halogenated alkanes) is 1. The van der Waals surface area contributed by atoms with Crippen molar-refractivity contribution in [3.8, 4) is 0 Å². The quantitative estimate of drug-likeness (QED) is 0.280. The zero-order valence-corrected chi connectivity index (χ0v) is 23.2. The van der Waals surface area contributed by atoms with E-state index in [0.717, 1.165) is 38.0 Å². The number of aryl methyl sites for hydroxylation is 1. The Morgan fingerprint density at radius 2 is 1.39 bits per heavy atom. The summed E-state index contributed by atoms with van der Waals surface area (Å²) >= 11 is 0. The first kappa shape index (κ1) is 27.6. The van der Waals surface area contributed by atoms with E-state index in [1.807, 2.05) is 42.5 Å². The van der Waals surface area contributed by atoms with Crippen LogP contribution in [0.5, 0.6) is 0 Å². The van der Waals surface area contributed by atoms with Gasteiger partial charge in [0.25, 0.3) is 5.91 Å². The van der Waals surface area contributed by atoms with Gasteiger partial charge in [0, 0.05) is 13.1 Å². The van der Waals surface area contributed by atoms with E-state index in [-0.39, 0.29) is 18.2 Å². The summed E-state index contributed by atoms with van der Waals surface area (Å²) in [6.45, 7) is 12.6. The average Bonchev–Trinajstić information content (AvgIpc) is 3.00. The molecule has 200 valence electrons. The van der Waals surface area contributed by atoms with Gasteiger partial charge in [-0.2, -0.15) is 0 Å². The number of rotatable bonds is 11. The van der Waals surface area contributed by atoms with Crippen molar-refractivity contribution in [3.05, 3.63) is 89.5 Å². The first-order valence-corrected chi connectivity index (χ1v) is 13.9. The maximum absolute atomic E-state index is 13.6. The van der Waals surface area contributed by atoms with Gasteiger partial charge in [0.2, 0.25) is 5.91 Å². The normalized spacial score (nSPS) is 12.9. The Kier molecular flexibility index (Phi) is 9.35. The highest BCUT2D eigenvalue weighted by molar-refractivity contribution is 6.17. The molecule has 0 saturated heterocycles.